The molecule has 0 spiro atoms. The summed E-state index contributed by atoms with van der Waals surface area (Å²) in [5.74, 6) is 0. The van der Waals surface area contributed by atoms with Gasteiger partial charge in [0.05, 0.1) is 11.5 Å². The summed E-state index contributed by atoms with van der Waals surface area (Å²) in [5.41, 5.74) is -4.92. The molecular weight excluding hydrogens is 295 g/mol. The number of anilines is 1. The summed E-state index contributed by atoms with van der Waals surface area (Å²) in [6.07, 6.45) is 1.80. The Hall–Kier alpha value is -1.28. The van der Waals surface area contributed by atoms with E-state index in [1.807, 2.05) is 0 Å². The van der Waals surface area contributed by atoms with Crippen LogP contribution in [0.2, 0.25) is 0 Å². The van der Waals surface area contributed by atoms with Crippen molar-refractivity contribution in [3.63, 3.8) is 0 Å². The van der Waals surface area contributed by atoms with Gasteiger partial charge in [0, 0.05) is 17.6 Å². The molecule has 1 saturated carbocycles. The van der Waals surface area contributed by atoms with Crippen molar-refractivity contribution in [3.05, 3.63) is 24.3 Å². The standard InChI is InChI=1S/C12H14F3NO3S/c13-12(14,15)20(18,19)10-3-1-9(2-4-10)16-7-11(8-17)5-6-11/h1-4,16-17H,5-8H2. The van der Waals surface area contributed by atoms with Crippen LogP contribution in [0.25, 0.3) is 0 Å². The summed E-state index contributed by atoms with van der Waals surface area (Å²) < 4.78 is 59.4. The van der Waals surface area contributed by atoms with Gasteiger partial charge in [0.25, 0.3) is 9.84 Å². The van der Waals surface area contributed by atoms with E-state index in [-0.39, 0.29) is 12.0 Å². The largest absolute Gasteiger partial charge is 0.501 e. The summed E-state index contributed by atoms with van der Waals surface area (Å²) in [4.78, 5) is -0.779. The summed E-state index contributed by atoms with van der Waals surface area (Å²) in [6, 6.07) is 4.41. The predicted octanol–water partition coefficient (Wildman–Crippen LogP) is 2.16. The highest BCUT2D eigenvalue weighted by Gasteiger charge is 2.46. The molecule has 112 valence electrons. The molecule has 1 aliphatic rings. The molecule has 4 nitrogen and oxygen atoms in total. The molecular formula is C12H14F3NO3S. The number of alkyl halides is 3. The summed E-state index contributed by atoms with van der Waals surface area (Å²) >= 11 is 0. The molecule has 0 heterocycles. The fraction of sp³-hybridized carbons (Fsp3) is 0.500. The van der Waals surface area contributed by atoms with Gasteiger partial charge >= 0.3 is 5.51 Å². The number of halogens is 3. The second kappa shape index (κ2) is 4.92. The molecule has 0 aliphatic heterocycles. The minimum atomic E-state index is -5.30. The first-order chi connectivity index (χ1) is 9.20. The molecule has 8 heteroatoms. The normalized spacial score (nSPS) is 17.8. The molecule has 0 atom stereocenters. The van der Waals surface area contributed by atoms with Gasteiger partial charge in [0.2, 0.25) is 0 Å². The van der Waals surface area contributed by atoms with Gasteiger partial charge in [-0.1, -0.05) is 0 Å². The molecule has 0 bridgehead atoms. The van der Waals surface area contributed by atoms with Crippen LogP contribution in [0.4, 0.5) is 18.9 Å². The van der Waals surface area contributed by atoms with E-state index in [0.717, 1.165) is 25.0 Å². The Morgan fingerprint density at radius 3 is 2.15 bits per heavy atom. The predicted molar refractivity (Wildman–Crippen MR) is 66.9 cm³/mol. The first-order valence-electron chi connectivity index (χ1n) is 5.96. The zero-order chi connectivity index (χ0) is 15.0. The average Bonchev–Trinajstić information content (AvgIpc) is 3.16. The third-order valence-corrected chi connectivity index (χ3v) is 4.93. The first-order valence-corrected chi connectivity index (χ1v) is 7.45. The molecule has 0 amide bonds. The molecule has 0 aromatic heterocycles. The van der Waals surface area contributed by atoms with Crippen molar-refractivity contribution in [1.29, 1.82) is 0 Å². The zero-order valence-corrected chi connectivity index (χ0v) is 11.3. The molecule has 1 aliphatic carbocycles. The molecule has 2 N–H and O–H groups in total. The van der Waals surface area contributed by atoms with Crippen molar-refractivity contribution in [3.8, 4) is 0 Å². The smallest absolute Gasteiger partial charge is 0.396 e. The van der Waals surface area contributed by atoms with Gasteiger partial charge in [-0.05, 0) is 37.1 Å². The Bertz CT molecular complexity index is 577. The van der Waals surface area contributed by atoms with Crippen molar-refractivity contribution in [2.75, 3.05) is 18.5 Å². The van der Waals surface area contributed by atoms with Crippen LogP contribution in [0.15, 0.2) is 29.2 Å². The van der Waals surface area contributed by atoms with E-state index in [1.165, 1.54) is 12.1 Å². The van der Waals surface area contributed by atoms with E-state index in [1.54, 1.807) is 0 Å². The van der Waals surface area contributed by atoms with Gasteiger partial charge in [0.1, 0.15) is 0 Å². The minimum Gasteiger partial charge on any atom is -0.396 e. The molecule has 1 fully saturated rings. The number of aliphatic hydroxyl groups excluding tert-OH is 1. The SMILES string of the molecule is O=S(=O)(c1ccc(NCC2(CO)CC2)cc1)C(F)(F)F. The van der Waals surface area contributed by atoms with Gasteiger partial charge in [-0.25, -0.2) is 8.42 Å². The second-order valence-electron chi connectivity index (χ2n) is 4.99. The fourth-order valence-electron chi connectivity index (χ4n) is 1.74. The van der Waals surface area contributed by atoms with Crippen LogP contribution >= 0.6 is 0 Å². The van der Waals surface area contributed by atoms with E-state index in [0.29, 0.717) is 12.2 Å². The lowest BCUT2D eigenvalue weighted by Gasteiger charge is -2.14. The van der Waals surface area contributed by atoms with Crippen molar-refractivity contribution in [1.82, 2.24) is 0 Å². The van der Waals surface area contributed by atoms with Crippen LogP contribution in [-0.4, -0.2) is 32.2 Å². The van der Waals surface area contributed by atoms with Crippen LogP contribution in [0.3, 0.4) is 0 Å². The Morgan fingerprint density at radius 2 is 1.75 bits per heavy atom. The Labute approximate surface area is 114 Å². The van der Waals surface area contributed by atoms with Crippen LogP contribution < -0.4 is 5.32 Å². The summed E-state index contributed by atoms with van der Waals surface area (Å²) in [7, 11) is -5.30. The van der Waals surface area contributed by atoms with E-state index in [4.69, 9.17) is 5.11 Å². The Morgan fingerprint density at radius 1 is 1.20 bits per heavy atom. The van der Waals surface area contributed by atoms with Crippen molar-refractivity contribution in [2.45, 2.75) is 23.2 Å². The minimum absolute atomic E-state index is 0.0561. The van der Waals surface area contributed by atoms with Crippen LogP contribution in [-0.2, 0) is 9.84 Å². The lowest BCUT2D eigenvalue weighted by atomic mass is 10.1. The molecule has 0 unspecified atom stereocenters. The lowest BCUT2D eigenvalue weighted by Crippen LogP contribution is -2.23. The number of sulfone groups is 1. The first kappa shape index (κ1) is 15.1. The van der Waals surface area contributed by atoms with E-state index in [2.05, 4.69) is 5.32 Å². The Balaban J connectivity index is 2.07. The highest BCUT2D eigenvalue weighted by molar-refractivity contribution is 7.92. The summed E-state index contributed by atoms with van der Waals surface area (Å²) in [5, 5.41) is 12.1. The van der Waals surface area contributed by atoms with Crippen LogP contribution in [0.1, 0.15) is 12.8 Å². The molecule has 1 aromatic carbocycles. The van der Waals surface area contributed by atoms with Crippen molar-refractivity contribution in [2.24, 2.45) is 5.41 Å². The fourth-order valence-corrected chi connectivity index (χ4v) is 2.50. The van der Waals surface area contributed by atoms with E-state index >= 15 is 0 Å². The van der Waals surface area contributed by atoms with Crippen molar-refractivity contribution >= 4 is 15.5 Å². The van der Waals surface area contributed by atoms with Gasteiger partial charge in [-0.15, -0.1) is 0 Å². The quantitative estimate of drug-likeness (QED) is 0.875. The average molecular weight is 309 g/mol. The van der Waals surface area contributed by atoms with Crippen molar-refractivity contribution < 1.29 is 26.7 Å². The second-order valence-corrected chi connectivity index (χ2v) is 6.93. The molecule has 0 saturated heterocycles. The lowest BCUT2D eigenvalue weighted by molar-refractivity contribution is -0.0436. The topological polar surface area (TPSA) is 66.4 Å². The Kier molecular flexibility index (Phi) is 3.72. The number of rotatable bonds is 5. The number of benzene rings is 1. The maximum atomic E-state index is 12.3. The molecule has 20 heavy (non-hydrogen) atoms. The van der Waals surface area contributed by atoms with Gasteiger partial charge in [-0.2, -0.15) is 13.2 Å². The molecule has 1 aromatic rings. The number of hydrogen-bond donors (Lipinski definition) is 2. The van der Waals surface area contributed by atoms with Gasteiger partial charge < -0.3 is 10.4 Å². The van der Waals surface area contributed by atoms with E-state index < -0.39 is 20.2 Å². The maximum Gasteiger partial charge on any atom is 0.501 e. The molecule has 0 radical (unpaired) electrons. The third kappa shape index (κ3) is 2.90. The highest BCUT2D eigenvalue weighted by atomic mass is 32.2. The highest BCUT2D eigenvalue weighted by Crippen LogP contribution is 2.44. The summed E-state index contributed by atoms with van der Waals surface area (Å²) in [6.45, 7) is 0.565. The number of hydrogen-bond acceptors (Lipinski definition) is 4. The maximum absolute atomic E-state index is 12.3. The van der Waals surface area contributed by atoms with Crippen LogP contribution in [0, 0.1) is 5.41 Å². The van der Waals surface area contributed by atoms with Gasteiger partial charge in [0.15, 0.2) is 0 Å². The third-order valence-electron chi connectivity index (χ3n) is 3.43. The molecule has 2 rings (SSSR count). The number of nitrogens with one attached hydrogen (secondary N) is 1. The zero-order valence-electron chi connectivity index (χ0n) is 10.4. The van der Waals surface area contributed by atoms with E-state index in [9.17, 15) is 21.6 Å². The number of aliphatic hydroxyl groups is 1. The van der Waals surface area contributed by atoms with Crippen LogP contribution in [0.5, 0.6) is 0 Å². The van der Waals surface area contributed by atoms with Gasteiger partial charge in [-0.3, -0.25) is 0 Å². The monoisotopic (exact) mass is 309 g/mol.